The summed E-state index contributed by atoms with van der Waals surface area (Å²) >= 11 is 5.56. The number of hydrogen-bond donors (Lipinski definition) is 0. The van der Waals surface area contributed by atoms with E-state index in [9.17, 15) is 14.4 Å². The van der Waals surface area contributed by atoms with Gasteiger partial charge < -0.3 is 4.74 Å². The number of ketones is 1. The van der Waals surface area contributed by atoms with Crippen molar-refractivity contribution in [1.82, 2.24) is 0 Å². The first kappa shape index (κ1) is 16.4. The van der Waals surface area contributed by atoms with Crippen molar-refractivity contribution in [3.63, 3.8) is 0 Å². The molecule has 1 aromatic rings. The van der Waals surface area contributed by atoms with Gasteiger partial charge in [0.05, 0.1) is 5.56 Å². The van der Waals surface area contributed by atoms with Crippen LogP contribution in [0, 0.1) is 5.41 Å². The smallest absolute Gasteiger partial charge is 0.326 e. The van der Waals surface area contributed by atoms with Gasteiger partial charge in [0.1, 0.15) is 11.2 Å². The Labute approximate surface area is 123 Å². The molecule has 0 bridgehead atoms. The Kier molecular flexibility index (Phi) is 5.45. The lowest BCUT2D eigenvalue weighted by molar-refractivity contribution is -0.150. The SMILES string of the molecule is CCC(CC)(C(=O)Cl)C(=O)Oc1ccccc1C(C)=O. The van der Waals surface area contributed by atoms with Crippen LogP contribution in [0.15, 0.2) is 24.3 Å². The zero-order chi connectivity index (χ0) is 15.3. The van der Waals surface area contributed by atoms with Gasteiger partial charge in [-0.15, -0.1) is 0 Å². The van der Waals surface area contributed by atoms with E-state index in [0.29, 0.717) is 5.56 Å². The van der Waals surface area contributed by atoms with Crippen LogP contribution in [0.5, 0.6) is 5.75 Å². The highest BCUT2D eigenvalue weighted by atomic mass is 35.5. The molecule has 0 unspecified atom stereocenters. The molecule has 0 radical (unpaired) electrons. The number of benzene rings is 1. The standard InChI is InChI=1S/C15H17ClO4/c1-4-15(5-2,13(16)18)14(19)20-12-9-7-6-8-11(12)10(3)17/h6-9H,4-5H2,1-3H3. The Morgan fingerprint density at radius 3 is 2.15 bits per heavy atom. The molecule has 20 heavy (non-hydrogen) atoms. The lowest BCUT2D eigenvalue weighted by Gasteiger charge is -2.24. The summed E-state index contributed by atoms with van der Waals surface area (Å²) in [5.74, 6) is -0.797. The van der Waals surface area contributed by atoms with Gasteiger partial charge in [-0.2, -0.15) is 0 Å². The molecule has 0 aliphatic heterocycles. The largest absolute Gasteiger partial charge is 0.425 e. The van der Waals surface area contributed by atoms with Crippen molar-refractivity contribution in [2.75, 3.05) is 0 Å². The molecule has 0 saturated carbocycles. The maximum absolute atomic E-state index is 12.3. The van der Waals surface area contributed by atoms with Crippen molar-refractivity contribution in [3.8, 4) is 5.75 Å². The zero-order valence-corrected chi connectivity index (χ0v) is 12.5. The second kappa shape index (κ2) is 6.66. The molecule has 0 spiro atoms. The van der Waals surface area contributed by atoms with Crippen LogP contribution >= 0.6 is 11.6 Å². The van der Waals surface area contributed by atoms with Crippen molar-refractivity contribution < 1.29 is 19.1 Å². The summed E-state index contributed by atoms with van der Waals surface area (Å²) in [5.41, 5.74) is -1.07. The van der Waals surface area contributed by atoms with Crippen LogP contribution in [-0.2, 0) is 9.59 Å². The maximum Gasteiger partial charge on any atom is 0.326 e. The number of hydrogen-bond acceptors (Lipinski definition) is 4. The molecule has 0 aromatic heterocycles. The average molecular weight is 297 g/mol. The van der Waals surface area contributed by atoms with Crippen molar-refractivity contribution in [3.05, 3.63) is 29.8 Å². The summed E-state index contributed by atoms with van der Waals surface area (Å²) in [4.78, 5) is 35.3. The Balaban J connectivity index is 3.13. The van der Waals surface area contributed by atoms with Gasteiger partial charge >= 0.3 is 5.97 Å². The topological polar surface area (TPSA) is 60.4 Å². The summed E-state index contributed by atoms with van der Waals surface area (Å²) < 4.78 is 5.25. The van der Waals surface area contributed by atoms with Crippen molar-refractivity contribution in [2.24, 2.45) is 5.41 Å². The number of para-hydroxylation sites is 1. The van der Waals surface area contributed by atoms with E-state index < -0.39 is 16.6 Å². The molecular weight excluding hydrogens is 280 g/mol. The third-order valence-electron chi connectivity index (χ3n) is 3.44. The number of esters is 1. The summed E-state index contributed by atoms with van der Waals surface area (Å²) in [6.07, 6.45) is 0.486. The predicted octanol–water partition coefficient (Wildman–Crippen LogP) is 3.37. The first-order valence-electron chi connectivity index (χ1n) is 6.41. The minimum absolute atomic E-state index is 0.147. The predicted molar refractivity (Wildman–Crippen MR) is 76.0 cm³/mol. The molecular formula is C15H17ClO4. The van der Waals surface area contributed by atoms with E-state index in [1.807, 2.05) is 0 Å². The molecule has 0 N–H and O–H groups in total. The van der Waals surface area contributed by atoms with Crippen molar-refractivity contribution in [1.29, 1.82) is 0 Å². The maximum atomic E-state index is 12.3. The molecule has 0 atom stereocenters. The molecule has 0 saturated heterocycles. The van der Waals surface area contributed by atoms with E-state index in [1.165, 1.54) is 13.0 Å². The molecule has 0 heterocycles. The Bertz CT molecular complexity index is 532. The highest BCUT2D eigenvalue weighted by Crippen LogP contribution is 2.32. The minimum Gasteiger partial charge on any atom is -0.425 e. The molecule has 5 heteroatoms. The molecule has 4 nitrogen and oxygen atoms in total. The number of carbonyl (C=O) groups excluding carboxylic acids is 3. The molecule has 0 aliphatic carbocycles. The fourth-order valence-electron chi connectivity index (χ4n) is 1.94. The van der Waals surface area contributed by atoms with Crippen LogP contribution in [-0.4, -0.2) is 17.0 Å². The highest BCUT2D eigenvalue weighted by Gasteiger charge is 2.43. The Morgan fingerprint density at radius 1 is 1.15 bits per heavy atom. The first-order valence-corrected chi connectivity index (χ1v) is 6.79. The first-order chi connectivity index (χ1) is 9.39. The third-order valence-corrected chi connectivity index (χ3v) is 3.80. The van der Waals surface area contributed by atoms with Gasteiger partial charge in [-0.1, -0.05) is 26.0 Å². The number of ether oxygens (including phenoxy) is 1. The quantitative estimate of drug-likeness (QED) is 0.265. The van der Waals surface area contributed by atoms with E-state index in [0.717, 1.165) is 0 Å². The summed E-state index contributed by atoms with van der Waals surface area (Å²) in [7, 11) is 0. The van der Waals surface area contributed by atoms with Gasteiger partial charge in [0.2, 0.25) is 5.24 Å². The number of Topliss-reactive ketones (excluding diaryl/α,β-unsaturated/α-hetero) is 1. The van der Waals surface area contributed by atoms with Crippen LogP contribution in [0.4, 0.5) is 0 Å². The van der Waals surface area contributed by atoms with Crippen molar-refractivity contribution >= 4 is 28.6 Å². The van der Waals surface area contributed by atoms with Crippen LogP contribution in [0.25, 0.3) is 0 Å². The van der Waals surface area contributed by atoms with Gasteiger partial charge in [0.15, 0.2) is 5.78 Å². The highest BCUT2D eigenvalue weighted by molar-refractivity contribution is 6.66. The van der Waals surface area contributed by atoms with Crippen molar-refractivity contribution in [2.45, 2.75) is 33.6 Å². The minimum atomic E-state index is -1.37. The molecule has 1 aromatic carbocycles. The number of rotatable bonds is 6. The van der Waals surface area contributed by atoms with Crippen LogP contribution in [0.2, 0.25) is 0 Å². The number of carbonyl (C=O) groups is 3. The van der Waals surface area contributed by atoms with Crippen LogP contribution < -0.4 is 4.74 Å². The van der Waals surface area contributed by atoms with Crippen LogP contribution in [0.1, 0.15) is 44.0 Å². The third kappa shape index (κ3) is 3.07. The van der Waals surface area contributed by atoms with E-state index in [-0.39, 0.29) is 24.4 Å². The van der Waals surface area contributed by atoms with E-state index in [4.69, 9.17) is 16.3 Å². The summed E-state index contributed by atoms with van der Waals surface area (Å²) in [6.45, 7) is 4.77. The second-order valence-electron chi connectivity index (χ2n) is 4.50. The van der Waals surface area contributed by atoms with Gasteiger partial charge in [0, 0.05) is 0 Å². The lowest BCUT2D eigenvalue weighted by atomic mass is 9.84. The normalized spacial score (nSPS) is 11.0. The van der Waals surface area contributed by atoms with Gasteiger partial charge in [-0.05, 0) is 43.5 Å². The van der Waals surface area contributed by atoms with E-state index in [2.05, 4.69) is 0 Å². The Hall–Kier alpha value is -1.68. The summed E-state index contributed by atoms with van der Waals surface area (Å²) in [5, 5.41) is -0.743. The molecule has 0 amide bonds. The zero-order valence-electron chi connectivity index (χ0n) is 11.7. The van der Waals surface area contributed by atoms with E-state index in [1.54, 1.807) is 32.0 Å². The fraction of sp³-hybridized carbons (Fsp3) is 0.400. The molecule has 1 rings (SSSR count). The van der Waals surface area contributed by atoms with Crippen LogP contribution in [0.3, 0.4) is 0 Å². The molecule has 108 valence electrons. The lowest BCUT2D eigenvalue weighted by Crippen LogP contribution is -2.39. The molecule has 0 fully saturated rings. The van der Waals surface area contributed by atoms with Gasteiger partial charge in [-0.3, -0.25) is 14.4 Å². The van der Waals surface area contributed by atoms with Gasteiger partial charge in [0.25, 0.3) is 0 Å². The monoisotopic (exact) mass is 296 g/mol. The average Bonchev–Trinajstić information content (AvgIpc) is 2.40. The second-order valence-corrected chi connectivity index (χ2v) is 4.85. The summed E-state index contributed by atoms with van der Waals surface area (Å²) in [6, 6.07) is 6.40. The fourth-order valence-corrected chi connectivity index (χ4v) is 2.29. The molecule has 0 aliphatic rings. The van der Waals surface area contributed by atoms with Gasteiger partial charge in [-0.25, -0.2) is 0 Å². The van der Waals surface area contributed by atoms with E-state index >= 15 is 0 Å². The number of halogens is 1. The Morgan fingerprint density at radius 2 is 1.70 bits per heavy atom.